The molecule has 1 rings (SSSR count). The molecule has 3 nitrogen and oxygen atoms in total. The molecule has 0 saturated carbocycles. The van der Waals surface area contributed by atoms with Gasteiger partial charge < -0.3 is 10.2 Å². The number of aromatic nitrogens is 1. The van der Waals surface area contributed by atoms with Crippen molar-refractivity contribution in [2.45, 2.75) is 33.2 Å². The molecule has 1 aromatic rings. The van der Waals surface area contributed by atoms with Crippen LogP contribution in [0.5, 0.6) is 0 Å². The third-order valence-electron chi connectivity index (χ3n) is 3.09. The summed E-state index contributed by atoms with van der Waals surface area (Å²) in [4.78, 5) is 6.36. The Bertz CT molecular complexity index is 373. The van der Waals surface area contributed by atoms with Crippen LogP contribution in [0.2, 0.25) is 0 Å². The van der Waals surface area contributed by atoms with Crippen molar-refractivity contribution in [2.24, 2.45) is 5.41 Å². The number of hydrogen-bond acceptors (Lipinski definition) is 3. The minimum absolute atomic E-state index is 0.182. The Morgan fingerprint density at radius 3 is 2.53 bits per heavy atom. The van der Waals surface area contributed by atoms with E-state index in [1.807, 2.05) is 0 Å². The molecule has 1 aromatic heterocycles. The molecule has 0 aliphatic heterocycles. The lowest BCUT2D eigenvalue weighted by Crippen LogP contribution is -2.39. The average molecular weight is 267 g/mol. The van der Waals surface area contributed by atoms with E-state index < -0.39 is 0 Å². The maximum Gasteiger partial charge on any atom is 0.141 e. The molecule has 0 spiro atoms. The molecule has 0 aliphatic carbocycles. The fraction of sp³-hybridized carbons (Fsp3) is 0.667. The first-order chi connectivity index (χ1) is 8.84. The second-order valence-corrected chi connectivity index (χ2v) is 6.15. The lowest BCUT2D eigenvalue weighted by molar-refractivity contribution is 0.224. The highest BCUT2D eigenvalue weighted by atomic mass is 19.1. The van der Waals surface area contributed by atoms with E-state index in [0.29, 0.717) is 0 Å². The molecule has 1 heterocycles. The fourth-order valence-electron chi connectivity index (χ4n) is 2.36. The molecule has 0 aromatic carbocycles. The molecule has 0 bridgehead atoms. The quantitative estimate of drug-likeness (QED) is 0.823. The first-order valence-electron chi connectivity index (χ1n) is 6.83. The van der Waals surface area contributed by atoms with Crippen molar-refractivity contribution in [1.82, 2.24) is 15.2 Å². The standard InChI is InChI=1S/C15H26FN3/c1-6-13(14-8-7-12(16)9-17-14)18-10-15(2,3)11-19(4)5/h7-9,13,18H,6,10-11H2,1-5H3. The van der Waals surface area contributed by atoms with Gasteiger partial charge in [0, 0.05) is 19.1 Å². The summed E-state index contributed by atoms with van der Waals surface area (Å²) in [6.07, 6.45) is 2.22. The van der Waals surface area contributed by atoms with Gasteiger partial charge in [0.05, 0.1) is 11.9 Å². The highest BCUT2D eigenvalue weighted by molar-refractivity contribution is 5.09. The maximum absolute atomic E-state index is 12.9. The molecular weight excluding hydrogens is 241 g/mol. The van der Waals surface area contributed by atoms with Gasteiger partial charge in [0.2, 0.25) is 0 Å². The van der Waals surface area contributed by atoms with Gasteiger partial charge in [-0.1, -0.05) is 20.8 Å². The summed E-state index contributed by atoms with van der Waals surface area (Å²) in [7, 11) is 4.17. The van der Waals surface area contributed by atoms with Crippen molar-refractivity contribution < 1.29 is 4.39 Å². The van der Waals surface area contributed by atoms with E-state index >= 15 is 0 Å². The van der Waals surface area contributed by atoms with Gasteiger partial charge in [0.15, 0.2) is 0 Å². The van der Waals surface area contributed by atoms with Gasteiger partial charge in [0.25, 0.3) is 0 Å². The molecule has 0 radical (unpaired) electrons. The highest BCUT2D eigenvalue weighted by Crippen LogP contribution is 2.19. The second-order valence-electron chi connectivity index (χ2n) is 6.15. The lowest BCUT2D eigenvalue weighted by Gasteiger charge is -2.30. The molecule has 108 valence electrons. The summed E-state index contributed by atoms with van der Waals surface area (Å²) in [5.41, 5.74) is 1.10. The predicted octanol–water partition coefficient (Wildman–Crippen LogP) is 2.85. The number of nitrogens with zero attached hydrogens (tertiary/aromatic N) is 2. The Labute approximate surface area is 116 Å². The smallest absolute Gasteiger partial charge is 0.141 e. The zero-order chi connectivity index (χ0) is 14.5. The molecule has 0 aliphatic rings. The van der Waals surface area contributed by atoms with E-state index in [0.717, 1.165) is 25.2 Å². The maximum atomic E-state index is 12.9. The molecule has 0 fully saturated rings. The van der Waals surface area contributed by atoms with Crippen molar-refractivity contribution in [3.63, 3.8) is 0 Å². The molecular formula is C15H26FN3. The number of pyridine rings is 1. The van der Waals surface area contributed by atoms with Crippen LogP contribution < -0.4 is 5.32 Å². The average Bonchev–Trinajstić information content (AvgIpc) is 2.30. The second kappa shape index (κ2) is 6.96. The minimum atomic E-state index is -0.286. The Morgan fingerprint density at radius 1 is 1.37 bits per heavy atom. The Morgan fingerprint density at radius 2 is 2.05 bits per heavy atom. The van der Waals surface area contributed by atoms with Gasteiger partial charge in [-0.15, -0.1) is 0 Å². The van der Waals surface area contributed by atoms with E-state index in [4.69, 9.17) is 0 Å². The molecule has 19 heavy (non-hydrogen) atoms. The molecule has 1 N–H and O–H groups in total. The van der Waals surface area contributed by atoms with Crippen LogP contribution in [0.25, 0.3) is 0 Å². The van der Waals surface area contributed by atoms with Crippen molar-refractivity contribution in [2.75, 3.05) is 27.2 Å². The number of halogens is 1. The normalized spacial score (nSPS) is 13.8. The topological polar surface area (TPSA) is 28.2 Å². The van der Waals surface area contributed by atoms with E-state index in [2.05, 4.69) is 50.1 Å². The zero-order valence-corrected chi connectivity index (χ0v) is 12.7. The van der Waals surface area contributed by atoms with Crippen LogP contribution in [0, 0.1) is 11.2 Å². The number of hydrogen-bond donors (Lipinski definition) is 1. The monoisotopic (exact) mass is 267 g/mol. The van der Waals surface area contributed by atoms with Crippen molar-refractivity contribution >= 4 is 0 Å². The van der Waals surface area contributed by atoms with Crippen LogP contribution in [0.3, 0.4) is 0 Å². The van der Waals surface area contributed by atoms with Crippen molar-refractivity contribution in [3.05, 3.63) is 29.8 Å². The minimum Gasteiger partial charge on any atom is -0.309 e. The third kappa shape index (κ3) is 5.66. The van der Waals surface area contributed by atoms with E-state index in [1.54, 1.807) is 6.07 Å². The summed E-state index contributed by atoms with van der Waals surface area (Å²) in [6, 6.07) is 3.41. The molecule has 0 amide bonds. The highest BCUT2D eigenvalue weighted by Gasteiger charge is 2.21. The van der Waals surface area contributed by atoms with Gasteiger partial charge in [-0.3, -0.25) is 4.98 Å². The lowest BCUT2D eigenvalue weighted by atomic mass is 9.92. The van der Waals surface area contributed by atoms with Crippen molar-refractivity contribution in [3.8, 4) is 0 Å². The van der Waals surface area contributed by atoms with E-state index in [1.165, 1.54) is 12.3 Å². The Hall–Kier alpha value is -1.00. The molecule has 0 saturated heterocycles. The summed E-state index contributed by atoms with van der Waals surface area (Å²) in [5, 5.41) is 3.54. The molecule has 4 heteroatoms. The van der Waals surface area contributed by atoms with Gasteiger partial charge in [-0.2, -0.15) is 0 Å². The van der Waals surface area contributed by atoms with Gasteiger partial charge in [0.1, 0.15) is 5.82 Å². The molecule has 1 unspecified atom stereocenters. The third-order valence-corrected chi connectivity index (χ3v) is 3.09. The zero-order valence-electron chi connectivity index (χ0n) is 12.7. The van der Waals surface area contributed by atoms with Crippen LogP contribution in [-0.2, 0) is 0 Å². The van der Waals surface area contributed by atoms with Crippen LogP contribution in [0.1, 0.15) is 38.9 Å². The summed E-state index contributed by atoms with van der Waals surface area (Å²) >= 11 is 0. The summed E-state index contributed by atoms with van der Waals surface area (Å²) < 4.78 is 12.9. The number of rotatable bonds is 7. The largest absolute Gasteiger partial charge is 0.309 e. The van der Waals surface area contributed by atoms with Crippen molar-refractivity contribution in [1.29, 1.82) is 0 Å². The predicted molar refractivity (Wildman–Crippen MR) is 77.6 cm³/mol. The van der Waals surface area contributed by atoms with Gasteiger partial charge in [-0.05, 0) is 38.1 Å². The summed E-state index contributed by atoms with van der Waals surface area (Å²) in [5.74, 6) is -0.286. The van der Waals surface area contributed by atoms with E-state index in [-0.39, 0.29) is 17.3 Å². The SMILES string of the molecule is CCC(NCC(C)(C)CN(C)C)c1ccc(F)cn1. The molecule has 1 atom stereocenters. The summed E-state index contributed by atoms with van der Waals surface area (Å²) in [6.45, 7) is 8.52. The van der Waals surface area contributed by atoms with Gasteiger partial charge >= 0.3 is 0 Å². The van der Waals surface area contributed by atoms with Crippen LogP contribution in [0.15, 0.2) is 18.3 Å². The van der Waals surface area contributed by atoms with E-state index in [9.17, 15) is 4.39 Å². The fourth-order valence-corrected chi connectivity index (χ4v) is 2.36. The number of nitrogens with one attached hydrogen (secondary N) is 1. The van der Waals surface area contributed by atoms with Crippen LogP contribution in [-0.4, -0.2) is 37.1 Å². The Balaban J connectivity index is 2.60. The Kier molecular flexibility index (Phi) is 5.88. The van der Waals surface area contributed by atoms with Crippen LogP contribution >= 0.6 is 0 Å². The van der Waals surface area contributed by atoms with Crippen LogP contribution in [0.4, 0.5) is 4.39 Å². The van der Waals surface area contributed by atoms with Gasteiger partial charge in [-0.25, -0.2) is 4.39 Å². The first-order valence-corrected chi connectivity index (χ1v) is 6.83. The first kappa shape index (κ1) is 16.1.